The lowest BCUT2D eigenvalue weighted by Crippen LogP contribution is -2.16. The van der Waals surface area contributed by atoms with Crippen LogP contribution >= 0.6 is 11.6 Å². The molecule has 2 aromatic carbocycles. The number of hydrogen-bond donors (Lipinski definition) is 3. The van der Waals surface area contributed by atoms with Crippen LogP contribution in [0.1, 0.15) is 30.6 Å². The highest BCUT2D eigenvalue weighted by Crippen LogP contribution is 2.23. The Labute approximate surface area is 159 Å². The summed E-state index contributed by atoms with van der Waals surface area (Å²) < 4.78 is 4.93. The lowest BCUT2D eigenvalue weighted by Gasteiger charge is -2.11. The van der Waals surface area contributed by atoms with Gasteiger partial charge in [0.2, 0.25) is 5.91 Å². The molecule has 2 amide bonds. The largest absolute Gasteiger partial charge is 0.417 e. The van der Waals surface area contributed by atoms with Gasteiger partial charge in [0.1, 0.15) is 0 Å². The number of rotatable bonds is 5. The molecule has 3 rings (SSSR count). The molecule has 8 heteroatoms. The molecule has 7 nitrogen and oxygen atoms in total. The van der Waals surface area contributed by atoms with Gasteiger partial charge < -0.3 is 15.1 Å². The van der Waals surface area contributed by atoms with E-state index < -0.39 is 11.7 Å². The zero-order valence-corrected chi connectivity index (χ0v) is 15.5. The molecule has 0 spiro atoms. The number of fused-ring (bicyclic) bond motifs is 1. The fraction of sp³-hybridized carbons (Fsp3) is 0.211. The Morgan fingerprint density at radius 3 is 2.56 bits per heavy atom. The average molecular weight is 388 g/mol. The van der Waals surface area contributed by atoms with E-state index in [0.717, 1.165) is 0 Å². The van der Waals surface area contributed by atoms with Crippen molar-refractivity contribution in [1.82, 2.24) is 4.98 Å². The highest BCUT2D eigenvalue weighted by atomic mass is 35.5. The van der Waals surface area contributed by atoms with Crippen LogP contribution in [0.3, 0.4) is 0 Å². The summed E-state index contributed by atoms with van der Waals surface area (Å²) in [5.74, 6) is -0.913. The summed E-state index contributed by atoms with van der Waals surface area (Å²) in [4.78, 5) is 38.3. The minimum Gasteiger partial charge on any atom is -0.408 e. The monoisotopic (exact) mass is 387 g/mol. The summed E-state index contributed by atoms with van der Waals surface area (Å²) >= 11 is 6.14. The summed E-state index contributed by atoms with van der Waals surface area (Å²) in [5, 5.41) is 5.73. The molecule has 0 fully saturated rings. The smallest absolute Gasteiger partial charge is 0.408 e. The summed E-state index contributed by atoms with van der Waals surface area (Å²) in [6.07, 6.45) is 0.382. The highest BCUT2D eigenvalue weighted by Gasteiger charge is 2.14. The maximum atomic E-state index is 12.6. The molecule has 0 saturated heterocycles. The molecule has 0 aliphatic carbocycles. The van der Waals surface area contributed by atoms with Crippen molar-refractivity contribution >= 4 is 45.9 Å². The predicted molar refractivity (Wildman–Crippen MR) is 104 cm³/mol. The van der Waals surface area contributed by atoms with Gasteiger partial charge in [-0.2, -0.15) is 0 Å². The SMILES string of the molecule is CC(C)CC(=O)Nc1ccc(Cl)c(C(=O)Nc2ccc3oc(=O)[nH]c3c2)c1. The van der Waals surface area contributed by atoms with E-state index in [-0.39, 0.29) is 22.4 Å². The fourth-order valence-electron chi connectivity index (χ4n) is 2.59. The number of oxazole rings is 1. The van der Waals surface area contributed by atoms with Gasteiger partial charge >= 0.3 is 5.76 Å². The molecule has 0 saturated carbocycles. The third-order valence-electron chi connectivity index (χ3n) is 3.77. The number of nitrogens with one attached hydrogen (secondary N) is 3. The van der Waals surface area contributed by atoms with E-state index in [1.165, 1.54) is 6.07 Å². The van der Waals surface area contributed by atoms with Crippen molar-refractivity contribution in [2.75, 3.05) is 10.6 Å². The lowest BCUT2D eigenvalue weighted by molar-refractivity contribution is -0.116. The summed E-state index contributed by atoms with van der Waals surface area (Å²) in [6, 6.07) is 9.48. The number of halogens is 1. The van der Waals surface area contributed by atoms with E-state index in [4.69, 9.17) is 16.0 Å². The van der Waals surface area contributed by atoms with E-state index >= 15 is 0 Å². The number of carbonyl (C=O) groups is 2. The number of benzene rings is 2. The molecular formula is C19H18ClN3O4. The van der Waals surface area contributed by atoms with Gasteiger partial charge in [0.15, 0.2) is 5.58 Å². The zero-order valence-electron chi connectivity index (χ0n) is 14.8. The maximum absolute atomic E-state index is 12.6. The Kier molecular flexibility index (Phi) is 5.32. The van der Waals surface area contributed by atoms with E-state index in [2.05, 4.69) is 15.6 Å². The molecule has 27 heavy (non-hydrogen) atoms. The van der Waals surface area contributed by atoms with Crippen molar-refractivity contribution in [2.45, 2.75) is 20.3 Å². The third-order valence-corrected chi connectivity index (χ3v) is 4.09. The van der Waals surface area contributed by atoms with Crippen LogP contribution in [-0.4, -0.2) is 16.8 Å². The van der Waals surface area contributed by atoms with Crippen LogP contribution in [0.4, 0.5) is 11.4 Å². The van der Waals surface area contributed by atoms with Crippen molar-refractivity contribution in [2.24, 2.45) is 5.92 Å². The Morgan fingerprint density at radius 1 is 1.11 bits per heavy atom. The maximum Gasteiger partial charge on any atom is 0.417 e. The van der Waals surface area contributed by atoms with Gasteiger partial charge in [-0.15, -0.1) is 0 Å². The van der Waals surface area contributed by atoms with Crippen LogP contribution in [0.25, 0.3) is 11.1 Å². The first kappa shape index (κ1) is 18.7. The van der Waals surface area contributed by atoms with Crippen LogP contribution in [0.2, 0.25) is 5.02 Å². The lowest BCUT2D eigenvalue weighted by atomic mass is 10.1. The topological polar surface area (TPSA) is 104 Å². The molecule has 0 unspecified atom stereocenters. The van der Waals surface area contributed by atoms with Gasteiger partial charge in [-0.05, 0) is 42.3 Å². The Morgan fingerprint density at radius 2 is 1.81 bits per heavy atom. The minimum atomic E-state index is -0.568. The fourth-order valence-corrected chi connectivity index (χ4v) is 2.79. The van der Waals surface area contributed by atoms with Crippen LogP contribution in [0.15, 0.2) is 45.6 Å². The molecule has 3 N–H and O–H groups in total. The third kappa shape index (κ3) is 4.57. The van der Waals surface area contributed by atoms with E-state index in [9.17, 15) is 14.4 Å². The molecule has 0 atom stereocenters. The van der Waals surface area contributed by atoms with Gasteiger partial charge in [0, 0.05) is 17.8 Å². The van der Waals surface area contributed by atoms with Gasteiger partial charge in [0.05, 0.1) is 16.1 Å². The molecule has 3 aromatic rings. The number of anilines is 2. The van der Waals surface area contributed by atoms with Gasteiger partial charge in [-0.3, -0.25) is 14.6 Å². The standard InChI is InChI=1S/C19H18ClN3O4/c1-10(2)7-17(24)21-11-3-5-14(20)13(8-11)18(25)22-12-4-6-16-15(9-12)23-19(26)27-16/h3-6,8-10H,7H2,1-2H3,(H,21,24)(H,22,25)(H,23,26). The molecular weight excluding hydrogens is 370 g/mol. The second-order valence-corrected chi connectivity index (χ2v) is 6.93. The Hall–Kier alpha value is -3.06. The van der Waals surface area contributed by atoms with Gasteiger partial charge in [-0.1, -0.05) is 25.4 Å². The molecule has 0 aliphatic rings. The van der Waals surface area contributed by atoms with Gasteiger partial charge in [0.25, 0.3) is 5.91 Å². The van der Waals surface area contributed by atoms with Crippen LogP contribution < -0.4 is 16.4 Å². The van der Waals surface area contributed by atoms with Crippen molar-refractivity contribution in [1.29, 1.82) is 0 Å². The second-order valence-electron chi connectivity index (χ2n) is 6.52. The minimum absolute atomic E-state index is 0.131. The number of H-pyrrole nitrogens is 1. The first-order valence-electron chi connectivity index (χ1n) is 8.35. The first-order valence-corrected chi connectivity index (χ1v) is 8.73. The van der Waals surface area contributed by atoms with Crippen LogP contribution in [-0.2, 0) is 4.79 Å². The number of carbonyl (C=O) groups excluding carboxylic acids is 2. The van der Waals surface area contributed by atoms with Crippen LogP contribution in [0.5, 0.6) is 0 Å². The summed E-state index contributed by atoms with van der Waals surface area (Å²) in [6.45, 7) is 3.90. The van der Waals surface area contributed by atoms with E-state index in [0.29, 0.717) is 28.9 Å². The van der Waals surface area contributed by atoms with Crippen molar-refractivity contribution in [3.8, 4) is 0 Å². The van der Waals surface area contributed by atoms with E-state index in [1.807, 2.05) is 13.8 Å². The number of aromatic nitrogens is 1. The second kappa shape index (κ2) is 7.67. The highest BCUT2D eigenvalue weighted by molar-refractivity contribution is 6.34. The van der Waals surface area contributed by atoms with Crippen molar-refractivity contribution in [3.63, 3.8) is 0 Å². The van der Waals surface area contributed by atoms with Crippen molar-refractivity contribution in [3.05, 3.63) is 57.5 Å². The first-order chi connectivity index (χ1) is 12.8. The molecule has 0 aliphatic heterocycles. The molecule has 0 radical (unpaired) electrons. The molecule has 1 heterocycles. The molecule has 1 aromatic heterocycles. The Bertz CT molecular complexity index is 1070. The quantitative estimate of drug-likeness (QED) is 0.615. The Balaban J connectivity index is 1.79. The van der Waals surface area contributed by atoms with Crippen molar-refractivity contribution < 1.29 is 14.0 Å². The number of amides is 2. The average Bonchev–Trinajstić information content (AvgIpc) is 2.95. The summed E-state index contributed by atoms with van der Waals surface area (Å²) in [7, 11) is 0. The zero-order chi connectivity index (χ0) is 19.6. The summed E-state index contributed by atoms with van der Waals surface area (Å²) in [5.41, 5.74) is 2.05. The van der Waals surface area contributed by atoms with Gasteiger partial charge in [-0.25, -0.2) is 4.79 Å². The molecule has 0 bridgehead atoms. The molecule has 140 valence electrons. The number of aromatic amines is 1. The number of hydrogen-bond acceptors (Lipinski definition) is 4. The normalized spacial score (nSPS) is 11.0. The van der Waals surface area contributed by atoms with Crippen LogP contribution in [0, 0.1) is 5.92 Å². The predicted octanol–water partition coefficient (Wildman–Crippen LogP) is 4.01. The van der Waals surface area contributed by atoms with E-state index in [1.54, 1.807) is 30.3 Å².